The Balaban J connectivity index is 1.81. The summed E-state index contributed by atoms with van der Waals surface area (Å²) in [4.78, 5) is 24.2. The van der Waals surface area contributed by atoms with Gasteiger partial charge in [0.25, 0.3) is 5.56 Å². The van der Waals surface area contributed by atoms with Crippen molar-refractivity contribution in [3.05, 3.63) is 82.0 Å². The molecule has 0 aliphatic rings. The van der Waals surface area contributed by atoms with Crippen molar-refractivity contribution in [3.63, 3.8) is 0 Å². The van der Waals surface area contributed by atoms with Crippen LogP contribution in [-0.2, 0) is 22.5 Å². The van der Waals surface area contributed by atoms with E-state index < -0.39 is 5.97 Å². The van der Waals surface area contributed by atoms with E-state index in [0.717, 1.165) is 16.9 Å². The Bertz CT molecular complexity index is 960. The van der Waals surface area contributed by atoms with Crippen molar-refractivity contribution in [1.29, 1.82) is 0 Å². The molecular weight excluding hydrogens is 332 g/mol. The number of hydrogen-bond donors (Lipinski definition) is 1. The van der Waals surface area contributed by atoms with E-state index in [2.05, 4.69) is 15.3 Å². The highest BCUT2D eigenvalue weighted by molar-refractivity contribution is 5.72. The molecule has 0 saturated heterocycles. The lowest BCUT2D eigenvalue weighted by molar-refractivity contribution is -0.139. The van der Waals surface area contributed by atoms with Crippen LogP contribution < -0.4 is 11.0 Å². The van der Waals surface area contributed by atoms with E-state index in [0.29, 0.717) is 12.1 Å². The third-order valence-corrected chi connectivity index (χ3v) is 4.13. The Kier molecular flexibility index (Phi) is 5.17. The van der Waals surface area contributed by atoms with Crippen molar-refractivity contribution >= 4 is 5.97 Å². The molecule has 3 aromatic rings. The number of carbonyl (C=O) groups excluding carboxylic acids is 1. The zero-order chi connectivity index (χ0) is 18.5. The number of benzene rings is 1. The maximum Gasteiger partial charge on any atom is 0.310 e. The molecule has 7 nitrogen and oxygen atoms in total. The second-order valence-corrected chi connectivity index (χ2v) is 5.81. The molecule has 0 bridgehead atoms. The van der Waals surface area contributed by atoms with Gasteiger partial charge in [-0.25, -0.2) is 9.36 Å². The Hall–Kier alpha value is -3.35. The summed E-state index contributed by atoms with van der Waals surface area (Å²) in [6.45, 7) is 2.20. The lowest BCUT2D eigenvalue weighted by atomic mass is 10.1. The lowest BCUT2D eigenvalue weighted by Crippen LogP contribution is -2.32. The highest BCUT2D eigenvalue weighted by Gasteiger charge is 2.13. The summed E-state index contributed by atoms with van der Waals surface area (Å²) in [7, 11) is 1.31. The fourth-order valence-corrected chi connectivity index (χ4v) is 2.66. The van der Waals surface area contributed by atoms with E-state index in [4.69, 9.17) is 0 Å². The number of pyridine rings is 1. The van der Waals surface area contributed by atoms with Crippen LogP contribution in [0.15, 0.2) is 59.7 Å². The van der Waals surface area contributed by atoms with Crippen molar-refractivity contribution in [3.8, 4) is 5.69 Å². The van der Waals surface area contributed by atoms with Crippen LogP contribution in [0, 0.1) is 6.92 Å². The third kappa shape index (κ3) is 3.66. The summed E-state index contributed by atoms with van der Waals surface area (Å²) in [5.74, 6) is -0.440. The maximum absolute atomic E-state index is 12.6. The number of nitrogens with zero attached hydrogens (tertiary/aromatic N) is 3. The summed E-state index contributed by atoms with van der Waals surface area (Å²) >= 11 is 0. The van der Waals surface area contributed by atoms with Crippen LogP contribution in [0.2, 0.25) is 0 Å². The molecule has 1 N–H and O–H groups in total. The summed E-state index contributed by atoms with van der Waals surface area (Å²) in [5, 5.41) is 4.33. The standard InChI is InChI=1S/C19H20N4O3/c1-14-9-11-22(19(25)17(14)12-18(24)26-2)21-13-16-8-10-20-23(16)15-6-4-3-5-7-15/h3-11,21H,12-13H2,1-2H3. The summed E-state index contributed by atoms with van der Waals surface area (Å²) < 4.78 is 7.86. The molecule has 0 spiro atoms. The van der Waals surface area contributed by atoms with E-state index in [-0.39, 0.29) is 12.0 Å². The second-order valence-electron chi connectivity index (χ2n) is 5.81. The number of para-hydroxylation sites is 1. The van der Waals surface area contributed by atoms with Gasteiger partial charge in [0.05, 0.1) is 31.5 Å². The number of esters is 1. The van der Waals surface area contributed by atoms with Gasteiger partial charge >= 0.3 is 5.97 Å². The lowest BCUT2D eigenvalue weighted by Gasteiger charge is -2.13. The van der Waals surface area contributed by atoms with Crippen molar-refractivity contribution in [2.75, 3.05) is 12.5 Å². The molecule has 0 atom stereocenters. The largest absolute Gasteiger partial charge is 0.469 e. The molecule has 7 heteroatoms. The van der Waals surface area contributed by atoms with Crippen LogP contribution >= 0.6 is 0 Å². The predicted octanol–water partition coefficient (Wildman–Crippen LogP) is 1.80. The topological polar surface area (TPSA) is 78.2 Å². The summed E-state index contributed by atoms with van der Waals surface area (Å²) in [6, 6.07) is 13.4. The molecule has 1 aromatic carbocycles. The van der Waals surface area contributed by atoms with E-state index in [1.165, 1.54) is 11.8 Å². The number of aromatic nitrogens is 3. The first kappa shape index (κ1) is 17.5. The molecule has 0 aliphatic carbocycles. The van der Waals surface area contributed by atoms with Gasteiger partial charge in [-0.1, -0.05) is 18.2 Å². The smallest absolute Gasteiger partial charge is 0.310 e. The van der Waals surface area contributed by atoms with Gasteiger partial charge in [0, 0.05) is 18.0 Å². The SMILES string of the molecule is COC(=O)Cc1c(C)ccn(NCc2ccnn2-c2ccccc2)c1=O. The zero-order valence-corrected chi connectivity index (χ0v) is 14.7. The number of rotatable bonds is 6. The third-order valence-electron chi connectivity index (χ3n) is 4.13. The number of ether oxygens (including phenoxy) is 1. The van der Waals surface area contributed by atoms with Crippen molar-refractivity contribution in [2.45, 2.75) is 19.9 Å². The quantitative estimate of drug-likeness (QED) is 0.685. The minimum Gasteiger partial charge on any atom is -0.469 e. The number of hydrogen-bond acceptors (Lipinski definition) is 5. The van der Waals surface area contributed by atoms with Crippen LogP contribution in [0.25, 0.3) is 5.69 Å². The monoisotopic (exact) mass is 352 g/mol. The van der Waals surface area contributed by atoms with Crippen LogP contribution in [0.4, 0.5) is 0 Å². The maximum atomic E-state index is 12.6. The van der Waals surface area contributed by atoms with Crippen LogP contribution in [0.5, 0.6) is 0 Å². The molecule has 26 heavy (non-hydrogen) atoms. The van der Waals surface area contributed by atoms with Gasteiger partial charge in [-0.2, -0.15) is 5.10 Å². The van der Waals surface area contributed by atoms with Gasteiger partial charge in [0.1, 0.15) is 0 Å². The van der Waals surface area contributed by atoms with Crippen molar-refractivity contribution < 1.29 is 9.53 Å². The molecule has 0 aliphatic heterocycles. The molecule has 2 heterocycles. The number of methoxy groups -OCH3 is 1. The fourth-order valence-electron chi connectivity index (χ4n) is 2.66. The molecule has 3 rings (SSSR count). The molecule has 0 radical (unpaired) electrons. The van der Waals surface area contributed by atoms with E-state index in [1.54, 1.807) is 25.4 Å². The van der Waals surface area contributed by atoms with Gasteiger partial charge < -0.3 is 10.2 Å². The highest BCUT2D eigenvalue weighted by Crippen LogP contribution is 2.10. The number of aryl methyl sites for hydroxylation is 1. The first-order valence-corrected chi connectivity index (χ1v) is 8.20. The normalized spacial score (nSPS) is 10.5. The Morgan fingerprint density at radius 2 is 1.96 bits per heavy atom. The molecule has 0 fully saturated rings. The molecule has 0 unspecified atom stereocenters. The first-order valence-electron chi connectivity index (χ1n) is 8.20. The first-order chi connectivity index (χ1) is 12.6. The summed E-state index contributed by atoms with van der Waals surface area (Å²) in [6.07, 6.45) is 3.32. The highest BCUT2D eigenvalue weighted by atomic mass is 16.5. The molecule has 0 saturated carbocycles. The minimum absolute atomic E-state index is 0.0500. The average Bonchev–Trinajstić information content (AvgIpc) is 3.13. The molecule has 2 aromatic heterocycles. The van der Waals surface area contributed by atoms with E-state index >= 15 is 0 Å². The predicted molar refractivity (Wildman–Crippen MR) is 97.8 cm³/mol. The number of carbonyl (C=O) groups is 1. The Morgan fingerprint density at radius 1 is 1.19 bits per heavy atom. The fraction of sp³-hybridized carbons (Fsp3) is 0.211. The molecule has 134 valence electrons. The molecule has 0 amide bonds. The average molecular weight is 352 g/mol. The van der Waals surface area contributed by atoms with Gasteiger partial charge in [-0.05, 0) is 36.8 Å². The van der Waals surface area contributed by atoms with Crippen LogP contribution in [-0.4, -0.2) is 27.5 Å². The van der Waals surface area contributed by atoms with Gasteiger partial charge in [0.15, 0.2) is 0 Å². The zero-order valence-electron chi connectivity index (χ0n) is 14.7. The van der Waals surface area contributed by atoms with Crippen molar-refractivity contribution in [2.24, 2.45) is 0 Å². The summed E-state index contributed by atoms with van der Waals surface area (Å²) in [5.41, 5.74) is 5.83. The minimum atomic E-state index is -0.440. The molecular formula is C19H20N4O3. The van der Waals surface area contributed by atoms with Crippen LogP contribution in [0.3, 0.4) is 0 Å². The Morgan fingerprint density at radius 3 is 2.69 bits per heavy atom. The van der Waals surface area contributed by atoms with Gasteiger partial charge in [-0.15, -0.1) is 0 Å². The van der Waals surface area contributed by atoms with Gasteiger partial charge in [-0.3, -0.25) is 9.59 Å². The van der Waals surface area contributed by atoms with Crippen LogP contribution in [0.1, 0.15) is 16.8 Å². The van der Waals surface area contributed by atoms with E-state index in [1.807, 2.05) is 41.1 Å². The Labute approximate surface area is 150 Å². The van der Waals surface area contributed by atoms with Gasteiger partial charge in [0.2, 0.25) is 0 Å². The number of nitrogens with one attached hydrogen (secondary N) is 1. The van der Waals surface area contributed by atoms with E-state index in [9.17, 15) is 9.59 Å². The second kappa shape index (κ2) is 7.69. The van der Waals surface area contributed by atoms with Crippen molar-refractivity contribution in [1.82, 2.24) is 14.5 Å².